The predicted octanol–water partition coefficient (Wildman–Crippen LogP) is 2.98. The first-order chi connectivity index (χ1) is 12.0. The van der Waals surface area contributed by atoms with Gasteiger partial charge in [0.1, 0.15) is 5.82 Å². The molecule has 2 atom stereocenters. The maximum absolute atomic E-state index is 14.1. The lowest BCUT2D eigenvalue weighted by Crippen LogP contribution is -2.48. The van der Waals surface area contributed by atoms with Crippen LogP contribution in [0.3, 0.4) is 0 Å². The van der Waals surface area contributed by atoms with Gasteiger partial charge >= 0.3 is 0 Å². The third-order valence-corrected chi connectivity index (χ3v) is 5.65. The molecule has 4 nitrogen and oxygen atoms in total. The highest BCUT2D eigenvalue weighted by molar-refractivity contribution is 5.96. The van der Waals surface area contributed by atoms with Gasteiger partial charge in [-0.15, -0.1) is 0 Å². The molecule has 0 radical (unpaired) electrons. The fourth-order valence-electron chi connectivity index (χ4n) is 4.35. The normalized spacial score (nSPS) is 22.6. The summed E-state index contributed by atoms with van der Waals surface area (Å²) in [5.41, 5.74) is 3.10. The van der Waals surface area contributed by atoms with E-state index in [4.69, 9.17) is 0 Å². The van der Waals surface area contributed by atoms with E-state index in [-0.39, 0.29) is 23.7 Å². The second-order valence-electron chi connectivity index (χ2n) is 7.05. The van der Waals surface area contributed by atoms with E-state index in [1.54, 1.807) is 12.1 Å². The van der Waals surface area contributed by atoms with Gasteiger partial charge in [-0.25, -0.2) is 4.39 Å². The quantitative estimate of drug-likeness (QED) is 0.859. The molecular weight excluding hydrogens is 317 g/mol. The number of rotatable bonds is 3. The largest absolute Gasteiger partial charge is 0.345 e. The molecule has 2 aromatic rings. The average Bonchev–Trinajstić information content (AvgIpc) is 3.00. The summed E-state index contributed by atoms with van der Waals surface area (Å²) in [5, 5.41) is 0.925. The number of nitrogens with zero attached hydrogens (tertiary/aromatic N) is 3. The van der Waals surface area contributed by atoms with Gasteiger partial charge in [-0.1, -0.05) is 6.08 Å². The lowest BCUT2D eigenvalue weighted by atomic mass is 9.85. The molecule has 1 aromatic carbocycles. The van der Waals surface area contributed by atoms with Crippen LogP contribution in [0.1, 0.15) is 19.4 Å². The number of amides is 1. The highest BCUT2D eigenvalue weighted by Crippen LogP contribution is 2.39. The first-order valence-electron chi connectivity index (χ1n) is 9.03. The molecule has 0 aliphatic carbocycles. The number of benzene rings is 1. The van der Waals surface area contributed by atoms with E-state index in [1.807, 2.05) is 31.0 Å². The maximum atomic E-state index is 14.1. The highest BCUT2D eigenvalue weighted by atomic mass is 19.1. The van der Waals surface area contributed by atoms with Crippen LogP contribution in [0.4, 0.5) is 4.39 Å². The van der Waals surface area contributed by atoms with Crippen LogP contribution in [-0.2, 0) is 11.3 Å². The molecule has 1 aromatic heterocycles. The van der Waals surface area contributed by atoms with E-state index in [0.29, 0.717) is 6.54 Å². The molecule has 2 unspecified atom stereocenters. The van der Waals surface area contributed by atoms with Gasteiger partial charge in [-0.05, 0) is 44.7 Å². The number of aromatic nitrogens is 1. The number of fused-ring (bicyclic) bond motifs is 2. The zero-order valence-electron chi connectivity index (χ0n) is 15.0. The molecule has 0 N–H and O–H groups in total. The molecule has 5 heteroatoms. The van der Waals surface area contributed by atoms with Gasteiger partial charge in [0.25, 0.3) is 0 Å². The third kappa shape index (κ3) is 2.49. The monoisotopic (exact) mass is 341 g/mol. The van der Waals surface area contributed by atoms with Crippen LogP contribution in [0.2, 0.25) is 0 Å². The van der Waals surface area contributed by atoms with E-state index < -0.39 is 0 Å². The number of likely N-dealkylation sites (N-methyl/N-ethyl adjacent to an activating group) is 1. The van der Waals surface area contributed by atoms with Crippen molar-refractivity contribution in [1.82, 2.24) is 14.4 Å². The Morgan fingerprint density at radius 3 is 2.76 bits per heavy atom. The van der Waals surface area contributed by atoms with Gasteiger partial charge in [-0.3, -0.25) is 9.69 Å². The molecule has 0 spiro atoms. The molecule has 132 valence electrons. The summed E-state index contributed by atoms with van der Waals surface area (Å²) in [6, 6.07) is 5.36. The lowest BCUT2D eigenvalue weighted by molar-refractivity contribution is -0.134. The van der Waals surface area contributed by atoms with E-state index in [2.05, 4.69) is 22.6 Å². The second kappa shape index (κ2) is 5.99. The molecule has 2 aliphatic rings. The average molecular weight is 341 g/mol. The van der Waals surface area contributed by atoms with Crippen LogP contribution in [0.5, 0.6) is 0 Å². The SMILES string of the molecule is CCN(CC)C(=O)C1C=C2c3cc(F)cc4ccn(c34)CC2N(C)C1. The van der Waals surface area contributed by atoms with Crippen molar-refractivity contribution >= 4 is 22.4 Å². The second-order valence-corrected chi connectivity index (χ2v) is 7.05. The minimum Gasteiger partial charge on any atom is -0.345 e. The van der Waals surface area contributed by atoms with Gasteiger partial charge in [0, 0.05) is 43.3 Å². The summed E-state index contributed by atoms with van der Waals surface area (Å²) in [5.74, 6) is -0.228. The molecule has 1 amide bonds. The van der Waals surface area contributed by atoms with Crippen molar-refractivity contribution in [2.24, 2.45) is 5.92 Å². The van der Waals surface area contributed by atoms with Crippen molar-refractivity contribution in [2.75, 3.05) is 26.7 Å². The Morgan fingerprint density at radius 2 is 2.04 bits per heavy atom. The minimum atomic E-state index is -0.221. The zero-order valence-corrected chi connectivity index (χ0v) is 15.0. The van der Waals surface area contributed by atoms with Crippen LogP contribution >= 0.6 is 0 Å². The Kier molecular flexibility index (Phi) is 3.91. The molecule has 0 saturated heterocycles. The fraction of sp³-hybridized carbons (Fsp3) is 0.450. The van der Waals surface area contributed by atoms with Crippen molar-refractivity contribution in [3.8, 4) is 0 Å². The highest BCUT2D eigenvalue weighted by Gasteiger charge is 2.36. The Hall–Kier alpha value is -2.14. The van der Waals surface area contributed by atoms with Crippen LogP contribution < -0.4 is 0 Å². The van der Waals surface area contributed by atoms with Crippen LogP contribution in [0.25, 0.3) is 16.5 Å². The first kappa shape index (κ1) is 16.3. The number of carbonyl (C=O) groups is 1. The van der Waals surface area contributed by atoms with Gasteiger partial charge in [0.05, 0.1) is 17.5 Å². The van der Waals surface area contributed by atoms with E-state index in [1.165, 1.54) is 0 Å². The van der Waals surface area contributed by atoms with Crippen LogP contribution in [-0.4, -0.2) is 53.0 Å². The van der Waals surface area contributed by atoms with Crippen molar-refractivity contribution in [3.05, 3.63) is 41.9 Å². The summed E-state index contributed by atoms with van der Waals surface area (Å²) in [4.78, 5) is 17.0. The molecule has 0 bridgehead atoms. The van der Waals surface area contributed by atoms with E-state index in [9.17, 15) is 9.18 Å². The maximum Gasteiger partial charge on any atom is 0.230 e. The van der Waals surface area contributed by atoms with Gasteiger partial charge in [0.2, 0.25) is 5.91 Å². The van der Waals surface area contributed by atoms with Crippen molar-refractivity contribution in [3.63, 3.8) is 0 Å². The molecule has 2 aliphatic heterocycles. The van der Waals surface area contributed by atoms with Gasteiger partial charge in [0.15, 0.2) is 0 Å². The fourth-order valence-corrected chi connectivity index (χ4v) is 4.35. The van der Waals surface area contributed by atoms with Crippen molar-refractivity contribution in [2.45, 2.75) is 26.4 Å². The van der Waals surface area contributed by atoms with Crippen LogP contribution in [0.15, 0.2) is 30.5 Å². The minimum absolute atomic E-state index is 0.163. The number of hydrogen-bond donors (Lipinski definition) is 0. The topological polar surface area (TPSA) is 28.5 Å². The first-order valence-corrected chi connectivity index (χ1v) is 9.03. The standard InChI is InChI=1S/C20H24FN3O/c1-4-23(5-2)20(25)14-9-16-17-10-15(21)8-13-6-7-24(19(13)17)12-18(16)22(3)11-14/h6-10,14,18H,4-5,11-12H2,1-3H3. The number of hydrogen-bond acceptors (Lipinski definition) is 2. The molecule has 0 fully saturated rings. The summed E-state index contributed by atoms with van der Waals surface area (Å²) < 4.78 is 16.3. The Balaban J connectivity index is 1.83. The van der Waals surface area contributed by atoms with E-state index >= 15 is 0 Å². The molecule has 3 heterocycles. The smallest absolute Gasteiger partial charge is 0.230 e. The Bertz CT molecular complexity index is 865. The third-order valence-electron chi connectivity index (χ3n) is 5.65. The summed E-state index contributed by atoms with van der Waals surface area (Å²) in [7, 11) is 2.06. The molecule has 4 rings (SSSR count). The van der Waals surface area contributed by atoms with Crippen molar-refractivity contribution in [1.29, 1.82) is 0 Å². The summed E-state index contributed by atoms with van der Waals surface area (Å²) in [6.45, 7) is 7.00. The Labute approximate surface area is 147 Å². The summed E-state index contributed by atoms with van der Waals surface area (Å²) >= 11 is 0. The molecular formula is C20H24FN3O. The molecule has 0 saturated carbocycles. The molecule has 25 heavy (non-hydrogen) atoms. The van der Waals surface area contributed by atoms with Gasteiger partial charge < -0.3 is 9.47 Å². The number of halogens is 1. The van der Waals surface area contributed by atoms with Crippen LogP contribution in [0, 0.1) is 11.7 Å². The van der Waals surface area contributed by atoms with Crippen molar-refractivity contribution < 1.29 is 9.18 Å². The zero-order chi connectivity index (χ0) is 17.7. The summed E-state index contributed by atoms with van der Waals surface area (Å²) in [6.07, 6.45) is 4.13. The Morgan fingerprint density at radius 1 is 1.28 bits per heavy atom. The lowest BCUT2D eigenvalue weighted by Gasteiger charge is -2.41. The number of carbonyl (C=O) groups excluding carboxylic acids is 1. The van der Waals surface area contributed by atoms with Gasteiger partial charge in [-0.2, -0.15) is 0 Å². The predicted molar refractivity (Wildman–Crippen MR) is 97.7 cm³/mol. The van der Waals surface area contributed by atoms with E-state index in [0.717, 1.165) is 41.7 Å².